The van der Waals surface area contributed by atoms with Crippen molar-refractivity contribution in [3.63, 3.8) is 0 Å². The molecule has 1 aliphatic heterocycles. The van der Waals surface area contributed by atoms with Gasteiger partial charge in [-0.15, -0.1) is 5.10 Å². The van der Waals surface area contributed by atoms with Gasteiger partial charge in [0.05, 0.1) is 38.7 Å². The normalized spacial score (nSPS) is 13.6. The van der Waals surface area contributed by atoms with E-state index in [0.29, 0.717) is 65.7 Å². The molecule has 0 aliphatic carbocycles. The van der Waals surface area contributed by atoms with E-state index in [2.05, 4.69) is 58.9 Å². The molecule has 1 aliphatic rings. The second-order valence-electron chi connectivity index (χ2n) is 20.8. The molecule has 0 spiro atoms. The number of aliphatic hydroxyl groups is 1. The third kappa shape index (κ3) is 39.8. The number of unbranched alkanes of at least 4 members (excludes halogenated alkanes) is 20. The van der Waals surface area contributed by atoms with E-state index in [1.165, 1.54) is 77.0 Å². The van der Waals surface area contributed by atoms with Crippen LogP contribution in [0.1, 0.15) is 220 Å². The van der Waals surface area contributed by atoms with Gasteiger partial charge in [-0.1, -0.05) is 148 Å². The van der Waals surface area contributed by atoms with Crippen molar-refractivity contribution in [1.29, 1.82) is 0 Å². The molecule has 0 unspecified atom stereocenters. The Hall–Kier alpha value is -2.24. The van der Waals surface area contributed by atoms with Gasteiger partial charge in [-0.2, -0.15) is 0 Å². The summed E-state index contributed by atoms with van der Waals surface area (Å²) < 4.78 is 37.4. The van der Waals surface area contributed by atoms with E-state index >= 15 is 0 Å². The van der Waals surface area contributed by atoms with Gasteiger partial charge >= 0.3 is 11.9 Å². The molecule has 0 atom stereocenters. The summed E-state index contributed by atoms with van der Waals surface area (Å²) in [6.45, 7) is 23.0. The van der Waals surface area contributed by atoms with Crippen molar-refractivity contribution in [2.45, 2.75) is 239 Å². The molecule has 73 heavy (non-hydrogen) atoms. The Morgan fingerprint density at radius 1 is 0.507 bits per heavy atom. The molecule has 15 heteroatoms. The summed E-state index contributed by atoms with van der Waals surface area (Å²) in [6.07, 6.45) is 32.0. The highest BCUT2D eigenvalue weighted by molar-refractivity contribution is 5.69. The summed E-state index contributed by atoms with van der Waals surface area (Å²) >= 11 is 0. The van der Waals surface area contributed by atoms with E-state index in [-0.39, 0.29) is 30.8 Å². The average Bonchev–Trinajstić information content (AvgIpc) is 3.84. The molecule has 1 aromatic heterocycles. The van der Waals surface area contributed by atoms with Crippen molar-refractivity contribution >= 4 is 11.9 Å². The Labute approximate surface area is 446 Å². The summed E-state index contributed by atoms with van der Waals surface area (Å²) in [5.74, 6) is -0.302. The van der Waals surface area contributed by atoms with Gasteiger partial charge in [0.25, 0.3) is 0 Å². The molecule has 1 fully saturated rings. The first kappa shape index (κ1) is 66.9. The SMILES string of the molecule is CCCCCCOCC(COCCCCCC)OC(=O)CCCCCCCN(CCCCCCCC(=O)OC(COCCCCCC)COCCCCCC)Cc1cn(CCCN2CCN(CCO)CC2)nn1. The summed E-state index contributed by atoms with van der Waals surface area (Å²) in [4.78, 5) is 33.2. The van der Waals surface area contributed by atoms with Crippen LogP contribution in [-0.2, 0) is 51.1 Å². The Morgan fingerprint density at radius 2 is 0.890 bits per heavy atom. The number of rotatable bonds is 54. The van der Waals surface area contributed by atoms with E-state index in [1.807, 2.05) is 4.68 Å². The Kier molecular flexibility index (Phi) is 45.2. The van der Waals surface area contributed by atoms with Crippen LogP contribution in [0.2, 0.25) is 0 Å². The van der Waals surface area contributed by atoms with Crippen LogP contribution >= 0.6 is 0 Å². The first-order valence-corrected chi connectivity index (χ1v) is 30.3. The molecule has 1 aromatic rings. The molecular weight excluding hydrogens is 925 g/mol. The highest BCUT2D eigenvalue weighted by Crippen LogP contribution is 2.14. The minimum absolute atomic E-state index is 0.151. The Morgan fingerprint density at radius 3 is 1.30 bits per heavy atom. The quantitative estimate of drug-likeness (QED) is 0.0487. The van der Waals surface area contributed by atoms with Crippen LogP contribution in [0.4, 0.5) is 0 Å². The third-order valence-electron chi connectivity index (χ3n) is 13.8. The monoisotopic (exact) mass is 1040 g/mol. The van der Waals surface area contributed by atoms with Gasteiger partial charge in [-0.25, -0.2) is 0 Å². The minimum atomic E-state index is -0.352. The summed E-state index contributed by atoms with van der Waals surface area (Å²) in [7, 11) is 0. The zero-order valence-electron chi connectivity index (χ0n) is 47.6. The van der Waals surface area contributed by atoms with Crippen LogP contribution < -0.4 is 0 Å². The van der Waals surface area contributed by atoms with E-state index in [9.17, 15) is 14.7 Å². The number of hydrogen-bond donors (Lipinski definition) is 1. The number of piperazine rings is 1. The smallest absolute Gasteiger partial charge is 0.306 e. The molecule has 0 amide bonds. The predicted molar refractivity (Wildman–Crippen MR) is 295 cm³/mol. The molecule has 0 saturated carbocycles. The molecule has 2 rings (SSSR count). The van der Waals surface area contributed by atoms with E-state index < -0.39 is 0 Å². The molecule has 0 bridgehead atoms. The minimum Gasteiger partial charge on any atom is -0.457 e. The van der Waals surface area contributed by atoms with Crippen LogP contribution in [0.25, 0.3) is 0 Å². The van der Waals surface area contributed by atoms with Crippen molar-refractivity contribution in [1.82, 2.24) is 29.7 Å². The van der Waals surface area contributed by atoms with Crippen molar-refractivity contribution in [2.24, 2.45) is 0 Å². The maximum Gasteiger partial charge on any atom is 0.306 e. The number of aryl methyl sites for hydroxylation is 1. The molecule has 1 saturated heterocycles. The fraction of sp³-hybridized carbons (Fsp3) is 0.931. The second-order valence-corrected chi connectivity index (χ2v) is 20.8. The maximum atomic E-state index is 12.9. The lowest BCUT2D eigenvalue weighted by molar-refractivity contribution is -0.157. The van der Waals surface area contributed by atoms with Crippen LogP contribution in [-0.4, -0.2) is 171 Å². The first-order chi connectivity index (χ1) is 35.9. The summed E-state index contributed by atoms with van der Waals surface area (Å²) in [5.41, 5.74) is 1.01. The molecule has 0 radical (unpaired) electrons. The topological polar surface area (TPSA) is 150 Å². The number of aromatic nitrogens is 3. The Balaban J connectivity index is 1.80. The zero-order chi connectivity index (χ0) is 52.5. The van der Waals surface area contributed by atoms with Crippen LogP contribution in [0, 0.1) is 0 Å². The fourth-order valence-corrected chi connectivity index (χ4v) is 9.23. The third-order valence-corrected chi connectivity index (χ3v) is 13.8. The maximum absolute atomic E-state index is 12.9. The van der Waals surface area contributed by atoms with Crippen molar-refractivity contribution in [3.05, 3.63) is 11.9 Å². The van der Waals surface area contributed by atoms with Gasteiger partial charge in [0.15, 0.2) is 0 Å². The molecule has 15 nitrogen and oxygen atoms in total. The lowest BCUT2D eigenvalue weighted by Crippen LogP contribution is -2.47. The molecule has 428 valence electrons. The summed E-state index contributed by atoms with van der Waals surface area (Å²) in [5, 5.41) is 18.4. The number of carbonyl (C=O) groups excluding carboxylic acids is 2. The van der Waals surface area contributed by atoms with Crippen LogP contribution in [0.5, 0.6) is 0 Å². The number of esters is 2. The number of carbonyl (C=O) groups is 2. The van der Waals surface area contributed by atoms with Gasteiger partial charge in [0, 0.05) is 97.8 Å². The van der Waals surface area contributed by atoms with Crippen LogP contribution in [0.15, 0.2) is 6.20 Å². The predicted octanol–water partition coefficient (Wildman–Crippen LogP) is 11.0. The Bertz CT molecular complexity index is 1270. The van der Waals surface area contributed by atoms with Gasteiger partial charge in [0.2, 0.25) is 0 Å². The largest absolute Gasteiger partial charge is 0.457 e. The number of β-amino-alcohol motifs (C(OH)–C–C–N with tert-alkyl or cyclic N) is 1. The average molecular weight is 1040 g/mol. The second kappa shape index (κ2) is 49.3. The molecule has 1 N–H and O–H groups in total. The fourth-order valence-electron chi connectivity index (χ4n) is 9.23. The first-order valence-electron chi connectivity index (χ1n) is 30.3. The van der Waals surface area contributed by atoms with Crippen molar-refractivity contribution < 1.29 is 43.1 Å². The lowest BCUT2D eigenvalue weighted by Gasteiger charge is -2.34. The van der Waals surface area contributed by atoms with E-state index in [0.717, 1.165) is 167 Å². The number of hydrogen-bond acceptors (Lipinski definition) is 14. The number of ether oxygens (including phenoxy) is 6. The van der Waals surface area contributed by atoms with Crippen LogP contribution in [0.3, 0.4) is 0 Å². The van der Waals surface area contributed by atoms with Gasteiger partial charge < -0.3 is 38.4 Å². The highest BCUT2D eigenvalue weighted by Gasteiger charge is 2.19. The number of aliphatic hydroxyl groups excluding tert-OH is 1. The van der Waals surface area contributed by atoms with Gasteiger partial charge in [-0.05, 0) is 70.9 Å². The molecule has 0 aromatic carbocycles. The van der Waals surface area contributed by atoms with Crippen molar-refractivity contribution in [2.75, 3.05) is 112 Å². The highest BCUT2D eigenvalue weighted by atomic mass is 16.6. The molecular formula is C58H112N6O9. The van der Waals surface area contributed by atoms with Gasteiger partial charge in [0.1, 0.15) is 12.2 Å². The standard InChI is InChI=1S/C58H112N6O9/c1-5-9-13-27-44-68-50-55(51-69-45-28-14-10-6-2)72-57(66)32-23-19-17-21-25-34-63(48-54-49-64(60-59-54)37-31-36-61-38-40-62(41-39-61)42-43-65)35-26-22-18-20-24-33-58(67)73-56(52-70-46-29-15-11-7-3)53-71-47-30-16-12-8-4/h49,55-56,65H,5-48,50-53H2,1-4H3. The number of nitrogens with zero attached hydrogens (tertiary/aromatic N) is 6. The summed E-state index contributed by atoms with van der Waals surface area (Å²) in [6, 6.07) is 0. The van der Waals surface area contributed by atoms with E-state index in [4.69, 9.17) is 28.4 Å². The van der Waals surface area contributed by atoms with E-state index in [1.54, 1.807) is 0 Å². The lowest BCUT2D eigenvalue weighted by atomic mass is 10.1. The van der Waals surface area contributed by atoms with Gasteiger partial charge in [-0.3, -0.25) is 24.1 Å². The van der Waals surface area contributed by atoms with Crippen molar-refractivity contribution in [3.8, 4) is 0 Å². The molecule has 2 heterocycles. The zero-order valence-corrected chi connectivity index (χ0v) is 47.6.